The number of hydrogen-bond donors (Lipinski definition) is 1. The number of anilines is 1. The minimum atomic E-state index is -0.218. The Balaban J connectivity index is 2.03. The van der Waals surface area contributed by atoms with Crippen LogP contribution in [0, 0.1) is 20.8 Å². The third-order valence-corrected chi connectivity index (χ3v) is 3.21. The Morgan fingerprint density at radius 3 is 2.78 bits per heavy atom. The SMILES string of the molecule is Cc1csc(NC(=O)/C=C/c2c(C)noc2C)n1. The van der Waals surface area contributed by atoms with Crippen LogP contribution in [0.5, 0.6) is 0 Å². The quantitative estimate of drug-likeness (QED) is 0.864. The molecule has 0 spiro atoms. The van der Waals surface area contributed by atoms with Crippen molar-refractivity contribution in [2.75, 3.05) is 5.32 Å². The Kier molecular flexibility index (Phi) is 3.57. The van der Waals surface area contributed by atoms with Crippen molar-refractivity contribution >= 4 is 28.5 Å². The predicted molar refractivity (Wildman–Crippen MR) is 70.5 cm³/mol. The van der Waals surface area contributed by atoms with Crippen LogP contribution >= 0.6 is 11.3 Å². The van der Waals surface area contributed by atoms with Gasteiger partial charge in [-0.05, 0) is 26.8 Å². The lowest BCUT2D eigenvalue weighted by atomic mass is 10.2. The molecule has 1 amide bonds. The molecule has 0 fully saturated rings. The van der Waals surface area contributed by atoms with E-state index in [1.54, 1.807) is 6.08 Å². The molecular formula is C12H13N3O2S. The fourth-order valence-corrected chi connectivity index (χ4v) is 2.14. The second-order valence-electron chi connectivity index (χ2n) is 3.85. The van der Waals surface area contributed by atoms with Gasteiger partial charge >= 0.3 is 0 Å². The number of aromatic nitrogens is 2. The van der Waals surface area contributed by atoms with Crippen LogP contribution < -0.4 is 5.32 Å². The van der Waals surface area contributed by atoms with Gasteiger partial charge < -0.3 is 4.52 Å². The summed E-state index contributed by atoms with van der Waals surface area (Å²) in [5.41, 5.74) is 2.49. The molecule has 6 heteroatoms. The van der Waals surface area contributed by atoms with Gasteiger partial charge in [0, 0.05) is 17.0 Å². The van der Waals surface area contributed by atoms with Gasteiger partial charge in [0.15, 0.2) is 5.13 Å². The summed E-state index contributed by atoms with van der Waals surface area (Å²) >= 11 is 1.40. The van der Waals surface area contributed by atoms with Crippen LogP contribution in [0.15, 0.2) is 16.0 Å². The highest BCUT2D eigenvalue weighted by Gasteiger charge is 2.06. The van der Waals surface area contributed by atoms with Crippen LogP contribution in [-0.4, -0.2) is 16.0 Å². The highest BCUT2D eigenvalue weighted by Crippen LogP contribution is 2.16. The molecule has 0 aliphatic rings. The van der Waals surface area contributed by atoms with Crippen molar-refractivity contribution in [1.82, 2.24) is 10.1 Å². The summed E-state index contributed by atoms with van der Waals surface area (Å²) in [5.74, 6) is 0.478. The summed E-state index contributed by atoms with van der Waals surface area (Å²) in [6, 6.07) is 0. The molecule has 2 heterocycles. The van der Waals surface area contributed by atoms with Crippen molar-refractivity contribution in [3.05, 3.63) is 34.2 Å². The Morgan fingerprint density at radius 2 is 2.22 bits per heavy atom. The summed E-state index contributed by atoms with van der Waals surface area (Å²) < 4.78 is 5.01. The van der Waals surface area contributed by atoms with E-state index in [2.05, 4.69) is 15.5 Å². The van der Waals surface area contributed by atoms with E-state index in [9.17, 15) is 4.79 Å². The first-order chi connectivity index (χ1) is 8.56. The van der Waals surface area contributed by atoms with Crippen molar-refractivity contribution < 1.29 is 9.32 Å². The minimum absolute atomic E-state index is 0.218. The van der Waals surface area contributed by atoms with Gasteiger partial charge in [-0.2, -0.15) is 0 Å². The van der Waals surface area contributed by atoms with E-state index in [-0.39, 0.29) is 5.91 Å². The molecular weight excluding hydrogens is 250 g/mol. The number of rotatable bonds is 3. The second kappa shape index (κ2) is 5.14. The molecule has 0 atom stereocenters. The first kappa shape index (κ1) is 12.5. The van der Waals surface area contributed by atoms with E-state index in [1.165, 1.54) is 17.4 Å². The maximum Gasteiger partial charge on any atom is 0.250 e. The topological polar surface area (TPSA) is 68.0 Å². The van der Waals surface area contributed by atoms with Crippen molar-refractivity contribution in [2.45, 2.75) is 20.8 Å². The number of carbonyl (C=O) groups excluding carboxylic acids is 1. The van der Waals surface area contributed by atoms with E-state index in [1.807, 2.05) is 26.2 Å². The molecule has 0 radical (unpaired) electrons. The molecule has 0 aliphatic carbocycles. The molecule has 0 unspecified atom stereocenters. The number of nitrogens with one attached hydrogen (secondary N) is 1. The summed E-state index contributed by atoms with van der Waals surface area (Å²) in [4.78, 5) is 15.8. The fourth-order valence-electron chi connectivity index (χ4n) is 1.45. The molecule has 0 saturated carbocycles. The van der Waals surface area contributed by atoms with Crippen molar-refractivity contribution in [3.63, 3.8) is 0 Å². The smallest absolute Gasteiger partial charge is 0.250 e. The average molecular weight is 263 g/mol. The molecule has 18 heavy (non-hydrogen) atoms. The normalized spacial score (nSPS) is 11.1. The molecule has 1 N–H and O–H groups in total. The van der Waals surface area contributed by atoms with E-state index in [4.69, 9.17) is 4.52 Å². The fraction of sp³-hybridized carbons (Fsp3) is 0.250. The highest BCUT2D eigenvalue weighted by atomic mass is 32.1. The van der Waals surface area contributed by atoms with Crippen LogP contribution in [0.3, 0.4) is 0 Å². The number of hydrogen-bond acceptors (Lipinski definition) is 5. The molecule has 2 rings (SSSR count). The maximum absolute atomic E-state index is 11.7. The van der Waals surface area contributed by atoms with Crippen molar-refractivity contribution in [2.24, 2.45) is 0 Å². The Bertz CT molecular complexity index is 579. The van der Waals surface area contributed by atoms with E-state index in [0.29, 0.717) is 10.9 Å². The molecule has 0 bridgehead atoms. The highest BCUT2D eigenvalue weighted by molar-refractivity contribution is 7.13. The van der Waals surface area contributed by atoms with Crippen molar-refractivity contribution in [1.29, 1.82) is 0 Å². The third-order valence-electron chi connectivity index (χ3n) is 2.34. The first-order valence-electron chi connectivity index (χ1n) is 5.40. The summed E-state index contributed by atoms with van der Waals surface area (Å²) in [6.07, 6.45) is 3.14. The predicted octanol–water partition coefficient (Wildman–Crippen LogP) is 2.71. The van der Waals surface area contributed by atoms with Gasteiger partial charge in [-0.15, -0.1) is 11.3 Å². The maximum atomic E-state index is 11.7. The zero-order chi connectivity index (χ0) is 13.1. The number of amides is 1. The Hall–Kier alpha value is -1.95. The minimum Gasteiger partial charge on any atom is -0.361 e. The average Bonchev–Trinajstić information content (AvgIpc) is 2.84. The van der Waals surface area contributed by atoms with Crippen LogP contribution in [0.2, 0.25) is 0 Å². The molecule has 94 valence electrons. The van der Waals surface area contributed by atoms with Crippen LogP contribution in [0.25, 0.3) is 6.08 Å². The largest absolute Gasteiger partial charge is 0.361 e. The van der Waals surface area contributed by atoms with E-state index < -0.39 is 0 Å². The standard InChI is InChI=1S/C12H13N3O2S/c1-7-6-18-12(13-7)14-11(16)5-4-10-8(2)15-17-9(10)3/h4-6H,1-3H3,(H,13,14,16)/b5-4+. The lowest BCUT2D eigenvalue weighted by Crippen LogP contribution is -2.07. The number of aryl methyl sites for hydroxylation is 3. The van der Waals surface area contributed by atoms with Crippen LogP contribution in [0.4, 0.5) is 5.13 Å². The Morgan fingerprint density at radius 1 is 1.44 bits per heavy atom. The number of thiazole rings is 1. The molecule has 2 aromatic heterocycles. The van der Waals surface area contributed by atoms with E-state index >= 15 is 0 Å². The molecule has 0 aromatic carbocycles. The molecule has 2 aromatic rings. The first-order valence-corrected chi connectivity index (χ1v) is 6.28. The van der Waals surface area contributed by atoms with Gasteiger partial charge in [-0.1, -0.05) is 5.16 Å². The number of carbonyl (C=O) groups is 1. The summed E-state index contributed by atoms with van der Waals surface area (Å²) in [6.45, 7) is 5.52. The molecule has 5 nitrogen and oxygen atoms in total. The van der Waals surface area contributed by atoms with Crippen LogP contribution in [-0.2, 0) is 4.79 Å². The van der Waals surface area contributed by atoms with Crippen molar-refractivity contribution in [3.8, 4) is 0 Å². The summed E-state index contributed by atoms with van der Waals surface area (Å²) in [5, 5.41) is 8.99. The monoisotopic (exact) mass is 263 g/mol. The second-order valence-corrected chi connectivity index (χ2v) is 4.71. The van der Waals surface area contributed by atoms with Gasteiger partial charge in [0.05, 0.1) is 11.4 Å². The van der Waals surface area contributed by atoms with Gasteiger partial charge in [-0.25, -0.2) is 4.98 Å². The summed E-state index contributed by atoms with van der Waals surface area (Å²) in [7, 11) is 0. The Labute approximate surface area is 109 Å². The van der Waals surface area contributed by atoms with Crippen LogP contribution in [0.1, 0.15) is 22.7 Å². The van der Waals surface area contributed by atoms with Gasteiger partial charge in [0.1, 0.15) is 5.76 Å². The molecule has 0 aliphatic heterocycles. The van der Waals surface area contributed by atoms with Gasteiger partial charge in [0.2, 0.25) is 5.91 Å². The molecule has 0 saturated heterocycles. The lowest BCUT2D eigenvalue weighted by Gasteiger charge is -1.95. The third kappa shape index (κ3) is 2.84. The zero-order valence-electron chi connectivity index (χ0n) is 10.4. The van der Waals surface area contributed by atoms with Gasteiger partial charge in [0.25, 0.3) is 0 Å². The van der Waals surface area contributed by atoms with Gasteiger partial charge in [-0.3, -0.25) is 10.1 Å². The number of nitrogens with zero attached hydrogens (tertiary/aromatic N) is 2. The van der Waals surface area contributed by atoms with E-state index in [0.717, 1.165) is 17.0 Å². The zero-order valence-corrected chi connectivity index (χ0v) is 11.2. The lowest BCUT2D eigenvalue weighted by molar-refractivity contribution is -0.111.